The highest BCUT2D eigenvalue weighted by atomic mass is 32.2. The first-order valence-corrected chi connectivity index (χ1v) is 12.2. The Bertz CT molecular complexity index is 1210. The van der Waals surface area contributed by atoms with Gasteiger partial charge >= 0.3 is 0 Å². The number of benzene rings is 2. The molecule has 0 unspecified atom stereocenters. The zero-order valence-corrected chi connectivity index (χ0v) is 18.3. The highest BCUT2D eigenvalue weighted by Gasteiger charge is 2.18. The third kappa shape index (κ3) is 5.62. The van der Waals surface area contributed by atoms with Crippen LogP contribution in [0.3, 0.4) is 0 Å². The summed E-state index contributed by atoms with van der Waals surface area (Å²) in [4.78, 5) is 4.05. The number of pyridine rings is 1. The normalized spacial score (nSPS) is 11.1. The van der Waals surface area contributed by atoms with Crippen LogP contribution in [0.1, 0.15) is 5.56 Å². The van der Waals surface area contributed by atoms with E-state index in [2.05, 4.69) is 4.98 Å². The monoisotopic (exact) mass is 452 g/mol. The average Bonchev–Trinajstić information content (AvgIpc) is 3.27. The number of sulfonamides is 1. The van der Waals surface area contributed by atoms with E-state index in [-0.39, 0.29) is 6.54 Å². The van der Waals surface area contributed by atoms with E-state index in [4.69, 9.17) is 9.47 Å². The number of hydrogen-bond donors (Lipinski definition) is 0. The fraction of sp³-hybridized carbons (Fsp3) is 0.0870. The molecule has 8 heteroatoms. The molecule has 4 rings (SSSR count). The Balaban J connectivity index is 1.45. The molecule has 0 spiro atoms. The van der Waals surface area contributed by atoms with Crippen LogP contribution >= 0.6 is 11.3 Å². The smallest absolute Gasteiger partial charge is 0.232 e. The Labute approximate surface area is 185 Å². The number of anilines is 1. The first kappa shape index (κ1) is 20.9. The van der Waals surface area contributed by atoms with Crippen molar-refractivity contribution in [2.45, 2.75) is 6.54 Å². The van der Waals surface area contributed by atoms with Crippen LogP contribution in [0.25, 0.3) is 0 Å². The van der Waals surface area contributed by atoms with Gasteiger partial charge in [-0.05, 0) is 77.7 Å². The second kappa shape index (κ2) is 9.20. The molecular weight excluding hydrogens is 432 g/mol. The summed E-state index contributed by atoms with van der Waals surface area (Å²) in [5.41, 5.74) is 1.36. The molecule has 31 heavy (non-hydrogen) atoms. The van der Waals surface area contributed by atoms with Gasteiger partial charge in [0.2, 0.25) is 10.0 Å². The fourth-order valence-electron chi connectivity index (χ4n) is 2.89. The molecule has 0 fully saturated rings. The second-order valence-electron chi connectivity index (χ2n) is 6.73. The molecule has 0 aliphatic rings. The van der Waals surface area contributed by atoms with Crippen molar-refractivity contribution in [3.05, 3.63) is 96.1 Å². The lowest BCUT2D eigenvalue weighted by Gasteiger charge is -2.22. The predicted molar refractivity (Wildman–Crippen MR) is 123 cm³/mol. The highest BCUT2D eigenvalue weighted by molar-refractivity contribution is 7.92. The summed E-state index contributed by atoms with van der Waals surface area (Å²) < 4.78 is 37.6. The molecule has 0 bridgehead atoms. The number of aromatic nitrogens is 1. The maximum Gasteiger partial charge on any atom is 0.232 e. The van der Waals surface area contributed by atoms with E-state index in [1.807, 2.05) is 47.8 Å². The third-order valence-electron chi connectivity index (χ3n) is 4.35. The Kier molecular flexibility index (Phi) is 6.20. The number of ether oxygens (including phenoxy) is 2. The molecule has 0 amide bonds. The summed E-state index contributed by atoms with van der Waals surface area (Å²) in [6.45, 7) is 0.207. The van der Waals surface area contributed by atoms with Gasteiger partial charge in [-0.2, -0.15) is 0 Å². The number of thiophene rings is 1. The topological polar surface area (TPSA) is 68.7 Å². The van der Waals surface area contributed by atoms with Gasteiger partial charge in [-0.3, -0.25) is 9.29 Å². The lowest BCUT2D eigenvalue weighted by molar-refractivity contribution is 0.474. The van der Waals surface area contributed by atoms with E-state index in [1.165, 1.54) is 21.9 Å². The van der Waals surface area contributed by atoms with Crippen LogP contribution in [0, 0.1) is 0 Å². The minimum Gasteiger partial charge on any atom is -0.457 e. The number of nitrogens with zero attached hydrogens (tertiary/aromatic N) is 2. The van der Waals surface area contributed by atoms with Crippen LogP contribution in [-0.4, -0.2) is 19.7 Å². The zero-order chi connectivity index (χ0) is 21.7. The standard InChI is InChI=1S/C23H20N2O4S2/c1-31(26,27)25(17-18-4-2-14-24-16-18)19-6-8-20(9-7-19)28-21-10-12-22(13-11-21)29-23-5-3-15-30-23/h2-16H,17H2,1H3. The molecule has 158 valence electrons. The summed E-state index contributed by atoms with van der Waals surface area (Å²) in [5.74, 6) is 1.98. The quantitative estimate of drug-likeness (QED) is 0.343. The van der Waals surface area contributed by atoms with Crippen LogP contribution in [-0.2, 0) is 16.6 Å². The minimum atomic E-state index is -3.46. The molecule has 0 aliphatic heterocycles. The summed E-state index contributed by atoms with van der Waals surface area (Å²) in [6.07, 6.45) is 4.50. The molecule has 2 aromatic heterocycles. The van der Waals surface area contributed by atoms with Crippen molar-refractivity contribution in [3.8, 4) is 22.3 Å². The van der Waals surface area contributed by atoms with Crippen LogP contribution in [0.5, 0.6) is 22.3 Å². The van der Waals surface area contributed by atoms with Gasteiger partial charge in [0.25, 0.3) is 0 Å². The van der Waals surface area contributed by atoms with Gasteiger partial charge in [0.05, 0.1) is 18.5 Å². The van der Waals surface area contributed by atoms with Gasteiger partial charge in [-0.15, -0.1) is 11.3 Å². The van der Waals surface area contributed by atoms with E-state index in [0.29, 0.717) is 17.2 Å². The van der Waals surface area contributed by atoms with Crippen LogP contribution < -0.4 is 13.8 Å². The van der Waals surface area contributed by atoms with Crippen molar-refractivity contribution in [3.63, 3.8) is 0 Å². The summed E-state index contributed by atoms with van der Waals surface area (Å²) in [5, 5.41) is 2.78. The molecule has 0 atom stereocenters. The molecule has 6 nitrogen and oxygen atoms in total. The number of rotatable bonds is 8. The molecule has 0 saturated carbocycles. The molecule has 2 aromatic carbocycles. The first-order valence-electron chi connectivity index (χ1n) is 9.43. The van der Waals surface area contributed by atoms with Gasteiger partial charge in [-0.1, -0.05) is 6.07 Å². The van der Waals surface area contributed by atoms with Crippen molar-refractivity contribution in [1.82, 2.24) is 4.98 Å². The van der Waals surface area contributed by atoms with Crippen LogP contribution in [0.2, 0.25) is 0 Å². The van der Waals surface area contributed by atoms with Crippen molar-refractivity contribution in [1.29, 1.82) is 0 Å². The van der Waals surface area contributed by atoms with E-state index in [1.54, 1.807) is 42.7 Å². The maximum absolute atomic E-state index is 12.3. The second-order valence-corrected chi connectivity index (χ2v) is 9.55. The van der Waals surface area contributed by atoms with Crippen molar-refractivity contribution in [2.75, 3.05) is 10.6 Å². The molecule has 0 radical (unpaired) electrons. The molecule has 0 aliphatic carbocycles. The van der Waals surface area contributed by atoms with E-state index < -0.39 is 10.0 Å². The van der Waals surface area contributed by atoms with Gasteiger partial charge in [0.1, 0.15) is 17.2 Å². The predicted octanol–water partition coefficient (Wildman–Crippen LogP) is 5.69. The van der Waals surface area contributed by atoms with E-state index >= 15 is 0 Å². The average molecular weight is 453 g/mol. The van der Waals surface area contributed by atoms with Gasteiger partial charge in [0, 0.05) is 12.4 Å². The van der Waals surface area contributed by atoms with Crippen molar-refractivity contribution >= 4 is 27.0 Å². The molecule has 0 saturated heterocycles. The first-order chi connectivity index (χ1) is 15.0. The van der Waals surface area contributed by atoms with Crippen LogP contribution in [0.15, 0.2) is 90.6 Å². The largest absolute Gasteiger partial charge is 0.457 e. The minimum absolute atomic E-state index is 0.207. The summed E-state index contributed by atoms with van der Waals surface area (Å²) in [6, 6.07) is 21.7. The lowest BCUT2D eigenvalue weighted by atomic mass is 10.2. The SMILES string of the molecule is CS(=O)(=O)N(Cc1cccnc1)c1ccc(Oc2ccc(Oc3cccs3)cc2)cc1. The summed E-state index contributed by atoms with van der Waals surface area (Å²) in [7, 11) is -3.46. The van der Waals surface area contributed by atoms with E-state index in [9.17, 15) is 8.42 Å². The summed E-state index contributed by atoms with van der Waals surface area (Å²) >= 11 is 1.53. The van der Waals surface area contributed by atoms with Gasteiger partial charge < -0.3 is 9.47 Å². The highest BCUT2D eigenvalue weighted by Crippen LogP contribution is 2.30. The Morgan fingerprint density at radius 2 is 1.52 bits per heavy atom. The van der Waals surface area contributed by atoms with Crippen molar-refractivity contribution < 1.29 is 17.9 Å². The Hall–Kier alpha value is -3.36. The molecule has 0 N–H and O–H groups in total. The third-order valence-corrected chi connectivity index (χ3v) is 6.23. The van der Waals surface area contributed by atoms with Crippen molar-refractivity contribution in [2.24, 2.45) is 0 Å². The molecule has 2 heterocycles. The van der Waals surface area contributed by atoms with Crippen LogP contribution in [0.4, 0.5) is 5.69 Å². The van der Waals surface area contributed by atoms with Gasteiger partial charge in [0.15, 0.2) is 5.06 Å². The lowest BCUT2D eigenvalue weighted by Crippen LogP contribution is -2.29. The Morgan fingerprint density at radius 1 is 0.871 bits per heavy atom. The van der Waals surface area contributed by atoms with Gasteiger partial charge in [-0.25, -0.2) is 8.42 Å². The molecular formula is C23H20N2O4S2. The zero-order valence-electron chi connectivity index (χ0n) is 16.7. The maximum atomic E-state index is 12.3. The number of hydrogen-bond acceptors (Lipinski definition) is 6. The fourth-order valence-corrected chi connectivity index (χ4v) is 4.37. The Morgan fingerprint density at radius 3 is 2.06 bits per heavy atom. The van der Waals surface area contributed by atoms with E-state index in [0.717, 1.165) is 16.4 Å². The molecule has 4 aromatic rings.